The molecular weight excluding hydrogens is 324 g/mol. The van der Waals surface area contributed by atoms with E-state index >= 15 is 0 Å². The number of nitrogens with zero attached hydrogens (tertiary/aromatic N) is 1. The Morgan fingerprint density at radius 3 is 2.79 bits per heavy atom. The summed E-state index contributed by atoms with van der Waals surface area (Å²) in [6, 6.07) is 13.0. The number of carbonyl (C=O) groups excluding carboxylic acids is 1. The van der Waals surface area contributed by atoms with E-state index in [0.29, 0.717) is 11.4 Å². The van der Waals surface area contributed by atoms with Crippen molar-refractivity contribution in [3.05, 3.63) is 57.7 Å². The third-order valence-corrected chi connectivity index (χ3v) is 4.73. The van der Waals surface area contributed by atoms with Crippen LogP contribution in [0.3, 0.4) is 0 Å². The summed E-state index contributed by atoms with van der Waals surface area (Å²) >= 11 is 1.16. The Kier molecular flexibility index (Phi) is 4.40. The molecule has 0 bridgehead atoms. The second-order valence-electron chi connectivity index (χ2n) is 5.68. The molecule has 2 aromatic carbocycles. The summed E-state index contributed by atoms with van der Waals surface area (Å²) in [5, 5.41) is 2.83. The number of fused-ring (bicyclic) bond motifs is 1. The van der Waals surface area contributed by atoms with Crippen molar-refractivity contribution in [2.45, 2.75) is 20.0 Å². The number of hydrogen-bond acceptors (Lipinski definition) is 4. The molecule has 6 heteroatoms. The lowest BCUT2D eigenvalue weighted by Crippen LogP contribution is -2.30. The van der Waals surface area contributed by atoms with Crippen molar-refractivity contribution in [3.63, 3.8) is 0 Å². The van der Waals surface area contributed by atoms with Gasteiger partial charge in [-0.15, -0.1) is 0 Å². The molecule has 5 nitrogen and oxygen atoms in total. The zero-order chi connectivity index (χ0) is 17.3. The first kappa shape index (κ1) is 16.3. The molecule has 3 aromatic rings. The van der Waals surface area contributed by atoms with Crippen LogP contribution in [0.4, 0.5) is 5.69 Å². The van der Waals surface area contributed by atoms with Crippen LogP contribution in [0.25, 0.3) is 10.2 Å². The lowest BCUT2D eigenvalue weighted by atomic mass is 10.2. The first-order valence-corrected chi connectivity index (χ1v) is 8.39. The standard InChI is InChI=1S/C18H18N2O3S/c1-11-5-4-6-14(9-11)23-12(2)17(21)19-13-7-8-15-16(10-13)24-18(22)20(15)3/h4-10,12H,1-3H3,(H,19,21)/t12-/m0/s1. The monoisotopic (exact) mass is 342 g/mol. The molecule has 0 aliphatic heterocycles. The van der Waals surface area contributed by atoms with Crippen LogP contribution in [0.1, 0.15) is 12.5 Å². The first-order chi connectivity index (χ1) is 11.4. The summed E-state index contributed by atoms with van der Waals surface area (Å²) in [5.41, 5.74) is 2.57. The van der Waals surface area contributed by atoms with Crippen LogP contribution in [0.2, 0.25) is 0 Å². The van der Waals surface area contributed by atoms with Crippen LogP contribution in [0.15, 0.2) is 47.3 Å². The zero-order valence-corrected chi connectivity index (χ0v) is 14.5. The van der Waals surface area contributed by atoms with Gasteiger partial charge in [0.25, 0.3) is 5.91 Å². The smallest absolute Gasteiger partial charge is 0.307 e. The topological polar surface area (TPSA) is 60.3 Å². The Bertz CT molecular complexity index is 958. The van der Waals surface area contributed by atoms with Crippen molar-refractivity contribution in [3.8, 4) is 5.75 Å². The fourth-order valence-corrected chi connectivity index (χ4v) is 3.32. The Labute approximate surface area is 143 Å². The number of aryl methyl sites for hydroxylation is 2. The number of amides is 1. The minimum atomic E-state index is -0.628. The minimum absolute atomic E-state index is 0.0235. The fourth-order valence-electron chi connectivity index (χ4n) is 2.40. The highest BCUT2D eigenvalue weighted by Gasteiger charge is 2.15. The maximum Gasteiger partial charge on any atom is 0.307 e. The van der Waals surface area contributed by atoms with E-state index in [2.05, 4.69) is 5.32 Å². The van der Waals surface area contributed by atoms with Gasteiger partial charge >= 0.3 is 4.87 Å². The highest BCUT2D eigenvalue weighted by atomic mass is 32.1. The van der Waals surface area contributed by atoms with Gasteiger partial charge < -0.3 is 14.6 Å². The van der Waals surface area contributed by atoms with Crippen molar-refractivity contribution in [1.82, 2.24) is 4.57 Å². The number of thiazole rings is 1. The Morgan fingerprint density at radius 2 is 2.04 bits per heavy atom. The van der Waals surface area contributed by atoms with E-state index in [0.717, 1.165) is 27.1 Å². The normalized spacial score (nSPS) is 12.1. The van der Waals surface area contributed by atoms with Crippen LogP contribution >= 0.6 is 11.3 Å². The molecule has 1 aromatic heterocycles. The van der Waals surface area contributed by atoms with E-state index in [-0.39, 0.29) is 10.8 Å². The summed E-state index contributed by atoms with van der Waals surface area (Å²) in [7, 11) is 1.73. The number of anilines is 1. The molecule has 24 heavy (non-hydrogen) atoms. The Morgan fingerprint density at radius 1 is 1.25 bits per heavy atom. The van der Waals surface area contributed by atoms with Gasteiger partial charge in [0.05, 0.1) is 10.2 Å². The molecule has 1 amide bonds. The molecule has 1 heterocycles. The SMILES string of the molecule is Cc1cccc(O[C@@H](C)C(=O)Nc2ccc3c(c2)sc(=O)n3C)c1. The highest BCUT2D eigenvalue weighted by molar-refractivity contribution is 7.16. The van der Waals surface area contributed by atoms with Crippen molar-refractivity contribution >= 4 is 33.1 Å². The van der Waals surface area contributed by atoms with Crippen LogP contribution in [0, 0.1) is 6.92 Å². The van der Waals surface area contributed by atoms with E-state index in [9.17, 15) is 9.59 Å². The molecule has 1 N–H and O–H groups in total. The van der Waals surface area contributed by atoms with Crippen molar-refractivity contribution in [2.24, 2.45) is 7.05 Å². The van der Waals surface area contributed by atoms with Gasteiger partial charge in [-0.05, 0) is 49.7 Å². The fraction of sp³-hybridized carbons (Fsp3) is 0.222. The second kappa shape index (κ2) is 6.49. The summed E-state index contributed by atoms with van der Waals surface area (Å²) in [6.07, 6.45) is -0.628. The summed E-state index contributed by atoms with van der Waals surface area (Å²) in [4.78, 5) is 24.0. The number of aromatic nitrogens is 1. The molecule has 3 rings (SSSR count). The quantitative estimate of drug-likeness (QED) is 0.791. The van der Waals surface area contributed by atoms with Gasteiger partial charge in [-0.2, -0.15) is 0 Å². The maximum absolute atomic E-state index is 12.3. The number of ether oxygens (including phenoxy) is 1. The van der Waals surface area contributed by atoms with Crippen LogP contribution < -0.4 is 14.9 Å². The number of hydrogen-bond donors (Lipinski definition) is 1. The molecule has 0 radical (unpaired) electrons. The average Bonchev–Trinajstić information content (AvgIpc) is 2.81. The van der Waals surface area contributed by atoms with E-state index in [1.54, 1.807) is 30.7 Å². The lowest BCUT2D eigenvalue weighted by Gasteiger charge is -2.15. The maximum atomic E-state index is 12.3. The second-order valence-corrected chi connectivity index (χ2v) is 6.67. The summed E-state index contributed by atoms with van der Waals surface area (Å²) in [5.74, 6) is 0.425. The van der Waals surface area contributed by atoms with E-state index < -0.39 is 6.10 Å². The van der Waals surface area contributed by atoms with E-state index in [4.69, 9.17) is 4.74 Å². The molecule has 0 spiro atoms. The number of rotatable bonds is 4. The molecule has 0 fully saturated rings. The van der Waals surface area contributed by atoms with Crippen LogP contribution in [-0.2, 0) is 11.8 Å². The molecule has 1 atom stereocenters. The number of carbonyl (C=O) groups is 1. The third kappa shape index (κ3) is 3.33. The van der Waals surface area contributed by atoms with Gasteiger partial charge in [-0.3, -0.25) is 9.59 Å². The molecule has 124 valence electrons. The van der Waals surface area contributed by atoms with Crippen LogP contribution in [0.5, 0.6) is 5.75 Å². The first-order valence-electron chi connectivity index (χ1n) is 7.58. The van der Waals surface area contributed by atoms with E-state index in [1.165, 1.54) is 0 Å². The average molecular weight is 342 g/mol. The minimum Gasteiger partial charge on any atom is -0.481 e. The van der Waals surface area contributed by atoms with Crippen LogP contribution in [-0.4, -0.2) is 16.6 Å². The predicted molar refractivity (Wildman–Crippen MR) is 97.0 cm³/mol. The molecular formula is C18H18N2O3S. The molecule has 0 aliphatic carbocycles. The largest absolute Gasteiger partial charge is 0.481 e. The van der Waals surface area contributed by atoms with Crippen molar-refractivity contribution in [1.29, 1.82) is 0 Å². The molecule has 0 aliphatic rings. The molecule has 0 unspecified atom stereocenters. The van der Waals surface area contributed by atoms with Gasteiger partial charge in [0.1, 0.15) is 5.75 Å². The summed E-state index contributed by atoms with van der Waals surface area (Å²) < 4.78 is 8.11. The van der Waals surface area contributed by atoms with Gasteiger partial charge in [0.2, 0.25) is 0 Å². The number of benzene rings is 2. The van der Waals surface area contributed by atoms with Gasteiger partial charge in [-0.1, -0.05) is 23.5 Å². The van der Waals surface area contributed by atoms with Gasteiger partial charge in [0, 0.05) is 12.7 Å². The van der Waals surface area contributed by atoms with Gasteiger partial charge in [-0.25, -0.2) is 0 Å². The summed E-state index contributed by atoms with van der Waals surface area (Å²) in [6.45, 7) is 3.68. The number of nitrogens with one attached hydrogen (secondary N) is 1. The molecule has 0 saturated heterocycles. The van der Waals surface area contributed by atoms with Crippen molar-refractivity contribution in [2.75, 3.05) is 5.32 Å². The lowest BCUT2D eigenvalue weighted by molar-refractivity contribution is -0.122. The Balaban J connectivity index is 1.73. The molecule has 0 saturated carbocycles. The third-order valence-electron chi connectivity index (χ3n) is 3.73. The Hall–Kier alpha value is -2.60. The highest BCUT2D eigenvalue weighted by Crippen LogP contribution is 2.21. The van der Waals surface area contributed by atoms with Gasteiger partial charge in [0.15, 0.2) is 6.10 Å². The van der Waals surface area contributed by atoms with Crippen molar-refractivity contribution < 1.29 is 9.53 Å². The van der Waals surface area contributed by atoms with E-state index in [1.807, 2.05) is 37.3 Å². The predicted octanol–water partition coefficient (Wildman–Crippen LogP) is 3.31. The zero-order valence-electron chi connectivity index (χ0n) is 13.7.